The summed E-state index contributed by atoms with van der Waals surface area (Å²) < 4.78 is 5.65. The summed E-state index contributed by atoms with van der Waals surface area (Å²) in [6.45, 7) is 9.93. The van der Waals surface area contributed by atoms with Crippen LogP contribution in [-0.4, -0.2) is 19.2 Å². The SMILES string of the molecule is COc1ccc(C)cc1C(CNC(C)(C)C)C1CCCC1. The minimum atomic E-state index is 0.161. The molecule has 0 heterocycles. The van der Waals surface area contributed by atoms with Gasteiger partial charge in [0, 0.05) is 18.0 Å². The fraction of sp³-hybridized carbons (Fsp3) is 0.684. The third-order valence-electron chi connectivity index (χ3n) is 4.61. The Morgan fingerprint density at radius 1 is 1.24 bits per heavy atom. The van der Waals surface area contributed by atoms with E-state index in [-0.39, 0.29) is 5.54 Å². The summed E-state index contributed by atoms with van der Waals surface area (Å²) in [6, 6.07) is 6.60. The van der Waals surface area contributed by atoms with Gasteiger partial charge in [0.2, 0.25) is 0 Å². The van der Waals surface area contributed by atoms with Crippen LogP contribution in [0.3, 0.4) is 0 Å². The van der Waals surface area contributed by atoms with Gasteiger partial charge in [0.05, 0.1) is 7.11 Å². The molecule has 1 aliphatic rings. The summed E-state index contributed by atoms with van der Waals surface area (Å²) in [4.78, 5) is 0. The van der Waals surface area contributed by atoms with E-state index in [1.807, 2.05) is 0 Å². The molecule has 1 fully saturated rings. The van der Waals surface area contributed by atoms with E-state index in [0.717, 1.165) is 18.2 Å². The second kappa shape index (κ2) is 6.83. The summed E-state index contributed by atoms with van der Waals surface area (Å²) in [5, 5.41) is 3.71. The lowest BCUT2D eigenvalue weighted by Crippen LogP contribution is -2.39. The van der Waals surface area contributed by atoms with E-state index in [1.165, 1.54) is 36.8 Å². The smallest absolute Gasteiger partial charge is 0.122 e. The molecule has 118 valence electrons. The maximum absolute atomic E-state index is 5.65. The van der Waals surface area contributed by atoms with Crippen LogP contribution in [0.2, 0.25) is 0 Å². The Morgan fingerprint density at radius 3 is 2.48 bits per heavy atom. The van der Waals surface area contributed by atoms with Gasteiger partial charge < -0.3 is 10.1 Å². The molecule has 1 aromatic rings. The lowest BCUT2D eigenvalue weighted by atomic mass is 9.83. The second-order valence-electron chi connectivity index (χ2n) is 7.53. The van der Waals surface area contributed by atoms with E-state index < -0.39 is 0 Å². The maximum Gasteiger partial charge on any atom is 0.122 e. The maximum atomic E-state index is 5.65. The van der Waals surface area contributed by atoms with Gasteiger partial charge in [0.1, 0.15) is 5.75 Å². The molecule has 0 saturated heterocycles. The first-order valence-corrected chi connectivity index (χ1v) is 8.30. The van der Waals surface area contributed by atoms with Crippen molar-refractivity contribution in [2.75, 3.05) is 13.7 Å². The minimum absolute atomic E-state index is 0.161. The Hall–Kier alpha value is -1.02. The molecule has 1 aromatic carbocycles. The molecule has 1 N–H and O–H groups in total. The van der Waals surface area contributed by atoms with Crippen LogP contribution in [-0.2, 0) is 0 Å². The molecule has 0 radical (unpaired) electrons. The zero-order chi connectivity index (χ0) is 15.5. The third kappa shape index (κ3) is 4.47. The highest BCUT2D eigenvalue weighted by Gasteiger charge is 2.29. The largest absolute Gasteiger partial charge is 0.496 e. The van der Waals surface area contributed by atoms with E-state index in [4.69, 9.17) is 4.74 Å². The number of rotatable bonds is 5. The monoisotopic (exact) mass is 289 g/mol. The van der Waals surface area contributed by atoms with Gasteiger partial charge in [-0.2, -0.15) is 0 Å². The van der Waals surface area contributed by atoms with Crippen molar-refractivity contribution < 1.29 is 4.74 Å². The van der Waals surface area contributed by atoms with E-state index in [0.29, 0.717) is 5.92 Å². The molecule has 1 unspecified atom stereocenters. The lowest BCUT2D eigenvalue weighted by Gasteiger charge is -2.30. The van der Waals surface area contributed by atoms with Gasteiger partial charge in [-0.15, -0.1) is 0 Å². The highest BCUT2D eigenvalue weighted by Crippen LogP contribution is 2.40. The molecule has 2 nitrogen and oxygen atoms in total. The van der Waals surface area contributed by atoms with Crippen molar-refractivity contribution in [1.82, 2.24) is 5.32 Å². The van der Waals surface area contributed by atoms with Crippen LogP contribution in [0.25, 0.3) is 0 Å². The Balaban J connectivity index is 2.27. The van der Waals surface area contributed by atoms with Gasteiger partial charge in [-0.25, -0.2) is 0 Å². The molecule has 2 rings (SSSR count). The van der Waals surface area contributed by atoms with Crippen molar-refractivity contribution in [2.45, 2.75) is 64.8 Å². The fourth-order valence-corrected chi connectivity index (χ4v) is 3.45. The summed E-state index contributed by atoms with van der Waals surface area (Å²) in [7, 11) is 1.79. The van der Waals surface area contributed by atoms with Crippen molar-refractivity contribution in [3.05, 3.63) is 29.3 Å². The summed E-state index contributed by atoms with van der Waals surface area (Å²) in [6.07, 6.45) is 5.47. The molecule has 0 aliphatic heterocycles. The predicted molar refractivity (Wildman–Crippen MR) is 90.2 cm³/mol. The average Bonchev–Trinajstić information content (AvgIpc) is 2.92. The lowest BCUT2D eigenvalue weighted by molar-refractivity contribution is 0.338. The zero-order valence-corrected chi connectivity index (χ0v) is 14.3. The van der Waals surface area contributed by atoms with Crippen LogP contribution >= 0.6 is 0 Å². The van der Waals surface area contributed by atoms with Crippen LogP contribution in [0.5, 0.6) is 5.75 Å². The predicted octanol–water partition coefficient (Wildman–Crippen LogP) is 4.67. The van der Waals surface area contributed by atoms with Crippen LogP contribution in [0.15, 0.2) is 18.2 Å². The minimum Gasteiger partial charge on any atom is -0.496 e. The quantitative estimate of drug-likeness (QED) is 0.851. The summed E-state index contributed by atoms with van der Waals surface area (Å²) >= 11 is 0. The number of benzene rings is 1. The molecule has 0 amide bonds. The molecule has 0 aromatic heterocycles. The molecule has 1 aliphatic carbocycles. The first kappa shape index (κ1) is 16.4. The molecule has 21 heavy (non-hydrogen) atoms. The van der Waals surface area contributed by atoms with Crippen molar-refractivity contribution in [2.24, 2.45) is 5.92 Å². The number of methoxy groups -OCH3 is 1. The first-order valence-electron chi connectivity index (χ1n) is 8.30. The standard InChI is InChI=1S/C19H31NO/c1-14-10-11-18(21-5)16(12-14)17(13-20-19(2,3)4)15-8-6-7-9-15/h10-12,15,17,20H,6-9,13H2,1-5H3. The number of nitrogens with one attached hydrogen (secondary N) is 1. The van der Waals surface area contributed by atoms with E-state index in [9.17, 15) is 0 Å². The second-order valence-corrected chi connectivity index (χ2v) is 7.53. The zero-order valence-electron chi connectivity index (χ0n) is 14.3. The van der Waals surface area contributed by atoms with Crippen LogP contribution in [0.4, 0.5) is 0 Å². The van der Waals surface area contributed by atoms with Gasteiger partial charge >= 0.3 is 0 Å². The normalized spacial score (nSPS) is 18.0. The van der Waals surface area contributed by atoms with E-state index in [2.05, 4.69) is 51.2 Å². The van der Waals surface area contributed by atoms with Crippen LogP contribution < -0.4 is 10.1 Å². The van der Waals surface area contributed by atoms with Gasteiger partial charge in [-0.1, -0.05) is 30.5 Å². The van der Waals surface area contributed by atoms with Crippen molar-refractivity contribution in [3.8, 4) is 5.75 Å². The van der Waals surface area contributed by atoms with E-state index in [1.54, 1.807) is 7.11 Å². The molecule has 2 heteroatoms. The number of hydrogen-bond acceptors (Lipinski definition) is 2. The van der Waals surface area contributed by atoms with Crippen LogP contribution in [0, 0.1) is 12.8 Å². The molecule has 1 atom stereocenters. The summed E-state index contributed by atoms with van der Waals surface area (Å²) in [5.74, 6) is 2.39. The van der Waals surface area contributed by atoms with E-state index >= 15 is 0 Å². The Labute approximate surface area is 130 Å². The Morgan fingerprint density at radius 2 is 1.90 bits per heavy atom. The first-order chi connectivity index (χ1) is 9.90. The third-order valence-corrected chi connectivity index (χ3v) is 4.61. The Kier molecular flexibility index (Phi) is 5.32. The van der Waals surface area contributed by atoms with Crippen LogP contribution in [0.1, 0.15) is 63.5 Å². The van der Waals surface area contributed by atoms with Gasteiger partial charge in [0.15, 0.2) is 0 Å². The van der Waals surface area contributed by atoms with Gasteiger partial charge in [-0.05, 0) is 58.1 Å². The Bertz CT molecular complexity index is 455. The molecule has 0 bridgehead atoms. The highest BCUT2D eigenvalue weighted by molar-refractivity contribution is 5.40. The topological polar surface area (TPSA) is 21.3 Å². The van der Waals surface area contributed by atoms with Crippen molar-refractivity contribution >= 4 is 0 Å². The number of aryl methyl sites for hydroxylation is 1. The highest BCUT2D eigenvalue weighted by atomic mass is 16.5. The van der Waals surface area contributed by atoms with Crippen molar-refractivity contribution in [3.63, 3.8) is 0 Å². The molecular weight excluding hydrogens is 258 g/mol. The van der Waals surface area contributed by atoms with Gasteiger partial charge in [-0.3, -0.25) is 0 Å². The molecule has 1 saturated carbocycles. The average molecular weight is 289 g/mol. The summed E-state index contributed by atoms with van der Waals surface area (Å²) in [5.41, 5.74) is 2.87. The van der Waals surface area contributed by atoms with Gasteiger partial charge in [0.25, 0.3) is 0 Å². The number of hydrogen-bond donors (Lipinski definition) is 1. The molecule has 0 spiro atoms. The van der Waals surface area contributed by atoms with Crippen molar-refractivity contribution in [1.29, 1.82) is 0 Å². The number of ether oxygens (including phenoxy) is 1. The molecular formula is C19H31NO. The fourth-order valence-electron chi connectivity index (χ4n) is 3.45.